The van der Waals surface area contributed by atoms with E-state index < -0.39 is 23.6 Å². The van der Waals surface area contributed by atoms with Crippen LogP contribution in [0.15, 0.2) is 12.1 Å². The van der Waals surface area contributed by atoms with E-state index in [1.807, 2.05) is 0 Å². The zero-order valence-corrected chi connectivity index (χ0v) is 7.02. The molecular formula is C9H9F3O. The molecule has 0 aliphatic heterocycles. The van der Waals surface area contributed by atoms with Crippen molar-refractivity contribution in [2.24, 2.45) is 0 Å². The van der Waals surface area contributed by atoms with E-state index in [-0.39, 0.29) is 12.0 Å². The van der Waals surface area contributed by atoms with Crippen molar-refractivity contribution in [2.45, 2.75) is 19.4 Å². The minimum absolute atomic E-state index is 0.155. The summed E-state index contributed by atoms with van der Waals surface area (Å²) in [6.45, 7) is 1.40. The fraction of sp³-hybridized carbons (Fsp3) is 0.333. The number of halogens is 3. The third-order valence-electron chi connectivity index (χ3n) is 1.61. The van der Waals surface area contributed by atoms with Gasteiger partial charge in [-0.3, -0.25) is 0 Å². The molecule has 72 valence electrons. The minimum Gasteiger partial charge on any atom is -0.393 e. The molecular weight excluding hydrogens is 181 g/mol. The number of aliphatic hydroxyl groups excluding tert-OH is 1. The number of hydrogen-bond acceptors (Lipinski definition) is 1. The van der Waals surface area contributed by atoms with Crippen LogP contribution in [0.25, 0.3) is 0 Å². The smallest absolute Gasteiger partial charge is 0.132 e. The highest BCUT2D eigenvalue weighted by atomic mass is 19.1. The Morgan fingerprint density at radius 3 is 2.08 bits per heavy atom. The van der Waals surface area contributed by atoms with Crippen molar-refractivity contribution in [1.82, 2.24) is 0 Å². The Kier molecular flexibility index (Phi) is 2.93. The van der Waals surface area contributed by atoms with Crippen LogP contribution in [0.4, 0.5) is 13.2 Å². The van der Waals surface area contributed by atoms with E-state index in [2.05, 4.69) is 0 Å². The van der Waals surface area contributed by atoms with Crippen molar-refractivity contribution < 1.29 is 18.3 Å². The van der Waals surface area contributed by atoms with Gasteiger partial charge < -0.3 is 5.11 Å². The van der Waals surface area contributed by atoms with Gasteiger partial charge in [-0.05, 0) is 6.92 Å². The van der Waals surface area contributed by atoms with Crippen molar-refractivity contribution in [3.8, 4) is 0 Å². The first-order chi connectivity index (χ1) is 6.00. The number of hydrogen-bond donors (Lipinski definition) is 1. The molecule has 0 amide bonds. The van der Waals surface area contributed by atoms with Gasteiger partial charge in [-0.25, -0.2) is 13.2 Å². The second kappa shape index (κ2) is 3.79. The van der Waals surface area contributed by atoms with Crippen LogP contribution in [-0.2, 0) is 6.42 Å². The fourth-order valence-corrected chi connectivity index (χ4v) is 1.06. The van der Waals surface area contributed by atoms with Crippen LogP contribution in [0.2, 0.25) is 0 Å². The Morgan fingerprint density at radius 2 is 1.69 bits per heavy atom. The molecule has 0 unspecified atom stereocenters. The summed E-state index contributed by atoms with van der Waals surface area (Å²) in [4.78, 5) is 0. The second-order valence-corrected chi connectivity index (χ2v) is 2.90. The molecule has 0 fully saturated rings. The summed E-state index contributed by atoms with van der Waals surface area (Å²) in [5.74, 6) is -2.87. The van der Waals surface area contributed by atoms with Crippen molar-refractivity contribution in [3.05, 3.63) is 35.1 Å². The van der Waals surface area contributed by atoms with Crippen LogP contribution in [0.3, 0.4) is 0 Å². The van der Waals surface area contributed by atoms with Gasteiger partial charge in [-0.2, -0.15) is 0 Å². The lowest BCUT2D eigenvalue weighted by molar-refractivity contribution is 0.192. The average Bonchev–Trinajstić information content (AvgIpc) is 1.96. The van der Waals surface area contributed by atoms with Crippen LogP contribution in [0.5, 0.6) is 0 Å². The first-order valence-electron chi connectivity index (χ1n) is 3.82. The Balaban J connectivity index is 3.06. The van der Waals surface area contributed by atoms with E-state index >= 15 is 0 Å². The molecule has 13 heavy (non-hydrogen) atoms. The molecule has 0 saturated heterocycles. The zero-order chi connectivity index (χ0) is 10.0. The third kappa shape index (κ3) is 2.45. The zero-order valence-electron chi connectivity index (χ0n) is 7.02. The van der Waals surface area contributed by atoms with Gasteiger partial charge in [0, 0.05) is 24.1 Å². The summed E-state index contributed by atoms with van der Waals surface area (Å²) in [7, 11) is 0. The molecule has 0 radical (unpaired) electrons. The van der Waals surface area contributed by atoms with Gasteiger partial charge >= 0.3 is 0 Å². The molecule has 0 aromatic heterocycles. The van der Waals surface area contributed by atoms with Gasteiger partial charge in [0.2, 0.25) is 0 Å². The first-order valence-corrected chi connectivity index (χ1v) is 3.82. The summed E-state index contributed by atoms with van der Waals surface area (Å²) in [5, 5.41) is 8.90. The highest BCUT2D eigenvalue weighted by molar-refractivity contribution is 5.21. The van der Waals surface area contributed by atoms with Crippen LogP contribution in [-0.4, -0.2) is 11.2 Å². The van der Waals surface area contributed by atoms with Crippen LogP contribution < -0.4 is 0 Å². The monoisotopic (exact) mass is 190 g/mol. The van der Waals surface area contributed by atoms with Crippen molar-refractivity contribution in [3.63, 3.8) is 0 Å². The molecule has 1 aromatic carbocycles. The van der Waals surface area contributed by atoms with Gasteiger partial charge in [0.15, 0.2) is 0 Å². The van der Waals surface area contributed by atoms with Crippen molar-refractivity contribution in [2.75, 3.05) is 0 Å². The van der Waals surface area contributed by atoms with Crippen LogP contribution in [0, 0.1) is 17.5 Å². The quantitative estimate of drug-likeness (QED) is 0.756. The second-order valence-electron chi connectivity index (χ2n) is 2.90. The topological polar surface area (TPSA) is 20.2 Å². The van der Waals surface area contributed by atoms with Gasteiger partial charge in [0.05, 0.1) is 6.10 Å². The van der Waals surface area contributed by atoms with Crippen LogP contribution in [0.1, 0.15) is 12.5 Å². The molecule has 0 aliphatic carbocycles. The summed E-state index contributed by atoms with van der Waals surface area (Å²) in [6.07, 6.45) is -1.01. The highest BCUT2D eigenvalue weighted by Crippen LogP contribution is 2.16. The molecule has 1 nitrogen and oxygen atoms in total. The molecule has 0 heterocycles. The Morgan fingerprint density at radius 1 is 1.23 bits per heavy atom. The highest BCUT2D eigenvalue weighted by Gasteiger charge is 2.12. The van der Waals surface area contributed by atoms with E-state index in [0.29, 0.717) is 12.1 Å². The molecule has 0 spiro atoms. The summed E-state index contributed by atoms with van der Waals surface area (Å²) >= 11 is 0. The molecule has 0 aliphatic rings. The first kappa shape index (κ1) is 10.1. The van der Waals surface area contributed by atoms with E-state index in [4.69, 9.17) is 5.11 Å². The van der Waals surface area contributed by atoms with E-state index in [1.54, 1.807) is 0 Å². The number of rotatable bonds is 2. The molecule has 1 N–H and O–H groups in total. The lowest BCUT2D eigenvalue weighted by Crippen LogP contribution is -2.08. The average molecular weight is 190 g/mol. The maximum atomic E-state index is 12.9. The third-order valence-corrected chi connectivity index (χ3v) is 1.61. The molecule has 1 atom stereocenters. The van der Waals surface area contributed by atoms with Crippen LogP contribution >= 0.6 is 0 Å². The Bertz CT molecular complexity index is 287. The lowest BCUT2D eigenvalue weighted by Gasteiger charge is -2.06. The van der Waals surface area contributed by atoms with E-state index in [1.165, 1.54) is 6.92 Å². The molecule has 0 bridgehead atoms. The largest absolute Gasteiger partial charge is 0.393 e. The maximum Gasteiger partial charge on any atom is 0.132 e. The van der Waals surface area contributed by atoms with Gasteiger partial charge in [0.1, 0.15) is 17.5 Å². The SMILES string of the molecule is C[C@H](O)Cc1c(F)cc(F)cc1F. The molecule has 0 saturated carbocycles. The Hall–Kier alpha value is -1.03. The standard InChI is InChI=1S/C9H9F3O/c1-5(13)2-7-8(11)3-6(10)4-9(7)12/h3-5,13H,2H2,1H3/t5-/m0/s1. The van der Waals surface area contributed by atoms with E-state index in [9.17, 15) is 13.2 Å². The minimum atomic E-state index is -0.960. The van der Waals surface area contributed by atoms with Crippen molar-refractivity contribution in [1.29, 1.82) is 0 Å². The number of benzene rings is 1. The van der Waals surface area contributed by atoms with Gasteiger partial charge in [-0.15, -0.1) is 0 Å². The molecule has 1 aromatic rings. The fourth-order valence-electron chi connectivity index (χ4n) is 1.06. The van der Waals surface area contributed by atoms with Gasteiger partial charge in [0.25, 0.3) is 0 Å². The summed E-state index contributed by atoms with van der Waals surface area (Å²) in [5.41, 5.74) is -0.281. The van der Waals surface area contributed by atoms with Crippen molar-refractivity contribution >= 4 is 0 Å². The summed E-state index contributed by atoms with van der Waals surface area (Å²) in [6, 6.07) is 1.20. The Labute approximate surface area is 73.8 Å². The number of aliphatic hydroxyl groups is 1. The van der Waals surface area contributed by atoms with Gasteiger partial charge in [-0.1, -0.05) is 0 Å². The van der Waals surface area contributed by atoms with E-state index in [0.717, 1.165) is 0 Å². The molecule has 4 heteroatoms. The predicted octanol–water partition coefficient (Wildman–Crippen LogP) is 2.03. The summed E-state index contributed by atoms with van der Waals surface area (Å²) < 4.78 is 38.2. The maximum absolute atomic E-state index is 12.9. The lowest BCUT2D eigenvalue weighted by atomic mass is 10.1. The predicted molar refractivity (Wildman–Crippen MR) is 41.7 cm³/mol. The normalized spacial score (nSPS) is 13.0. The molecule has 1 rings (SSSR count).